The highest BCUT2D eigenvalue weighted by Crippen LogP contribution is 2.43. The Balaban J connectivity index is 3.24. The summed E-state index contributed by atoms with van der Waals surface area (Å²) in [6.07, 6.45) is 0. The number of benzene rings is 1. The zero-order chi connectivity index (χ0) is 11.5. The van der Waals surface area contributed by atoms with Crippen molar-refractivity contribution in [1.82, 2.24) is 4.39 Å². The highest BCUT2D eigenvalue weighted by atomic mass is 127. The second-order valence-electron chi connectivity index (χ2n) is 3.54. The van der Waals surface area contributed by atoms with Crippen LogP contribution >= 0.6 is 67.1 Å². The fourth-order valence-corrected chi connectivity index (χ4v) is 5.22. The van der Waals surface area contributed by atoms with Crippen LogP contribution in [0.15, 0.2) is 30.3 Å². The molecule has 0 fully saturated rings. The molecule has 0 aliphatic carbocycles. The maximum absolute atomic E-state index is 2.60. The van der Waals surface area contributed by atoms with Gasteiger partial charge in [0.1, 0.15) is 0 Å². The molecular formula is C10H15BI3N. The number of halogens is 3. The van der Waals surface area contributed by atoms with Crippen molar-refractivity contribution in [2.75, 3.05) is 13.1 Å². The first kappa shape index (κ1) is 14.5. The summed E-state index contributed by atoms with van der Waals surface area (Å²) in [7, 11) is 0. The first-order valence-electron chi connectivity index (χ1n) is 5.09. The average molecular weight is 541 g/mol. The molecule has 0 spiro atoms. The van der Waals surface area contributed by atoms with Crippen molar-refractivity contribution in [2.45, 2.75) is 13.8 Å². The van der Waals surface area contributed by atoms with Gasteiger partial charge in [0.15, 0.2) is 0 Å². The molecule has 0 atom stereocenters. The topological polar surface area (TPSA) is 0 Å². The Labute approximate surface area is 133 Å². The molecule has 1 nitrogen and oxygen atoms in total. The molecule has 0 heterocycles. The van der Waals surface area contributed by atoms with Gasteiger partial charge in [-0.05, 0) is 26.0 Å². The van der Waals surface area contributed by atoms with E-state index in [1.807, 2.05) is 0 Å². The van der Waals surface area contributed by atoms with Gasteiger partial charge in [0, 0.05) is 13.1 Å². The maximum atomic E-state index is 2.60. The molecule has 84 valence electrons. The van der Waals surface area contributed by atoms with E-state index in [0.717, 1.165) is 17.5 Å². The molecule has 0 unspecified atom stereocenters. The van der Waals surface area contributed by atoms with Crippen molar-refractivity contribution >= 4 is 72.7 Å². The Morgan fingerprint density at radius 3 is 1.80 bits per heavy atom. The van der Waals surface area contributed by atoms with Crippen molar-refractivity contribution in [3.05, 3.63) is 30.3 Å². The van der Waals surface area contributed by atoms with Crippen molar-refractivity contribution in [3.8, 4) is 0 Å². The van der Waals surface area contributed by atoms with Crippen LogP contribution in [0.2, 0.25) is 0 Å². The number of nitrogens with zero attached hydrogens (tertiary/aromatic N) is 1. The minimum Gasteiger partial charge on any atom is -0.456 e. The molecular weight excluding hydrogens is 526 g/mol. The van der Waals surface area contributed by atoms with E-state index in [-0.39, 0.29) is 0 Å². The smallest absolute Gasteiger partial charge is 0.381 e. The van der Waals surface area contributed by atoms with E-state index in [1.54, 1.807) is 0 Å². The van der Waals surface area contributed by atoms with Crippen LogP contribution in [-0.4, -0.2) is 12.9 Å². The van der Waals surface area contributed by atoms with Gasteiger partial charge < -0.3 is 4.39 Å². The highest BCUT2D eigenvalue weighted by Gasteiger charge is 2.38. The van der Waals surface area contributed by atoms with Crippen LogP contribution in [0.3, 0.4) is 0 Å². The van der Waals surface area contributed by atoms with E-state index in [0.29, 0.717) is 0 Å². The third-order valence-electron chi connectivity index (χ3n) is 2.96. The standard InChI is InChI=1S/C10H15BI3N/c1-3-15(4-2,11(12,13)14)10-8-6-5-7-9-10/h5-9H,3-4H2,1-2H3. The lowest BCUT2D eigenvalue weighted by Gasteiger charge is -2.52. The fourth-order valence-electron chi connectivity index (χ4n) is 1.90. The van der Waals surface area contributed by atoms with Crippen molar-refractivity contribution in [2.24, 2.45) is 0 Å². The summed E-state index contributed by atoms with van der Waals surface area (Å²) in [6.45, 7) is 6.86. The van der Waals surface area contributed by atoms with Gasteiger partial charge in [-0.3, -0.25) is 0 Å². The van der Waals surface area contributed by atoms with Gasteiger partial charge >= 0.3 is -0.150 Å². The van der Waals surface area contributed by atoms with E-state index in [4.69, 9.17) is 0 Å². The molecule has 0 aliphatic rings. The maximum Gasteiger partial charge on any atom is 0.381 e. The molecule has 1 rings (SSSR count). The van der Waals surface area contributed by atoms with Crippen LogP contribution in [0.4, 0.5) is 5.69 Å². The second-order valence-corrected chi connectivity index (χ2v) is 16.1. The lowest BCUT2D eigenvalue weighted by molar-refractivity contribution is 0.484. The van der Waals surface area contributed by atoms with E-state index in [9.17, 15) is 0 Å². The van der Waals surface area contributed by atoms with Gasteiger partial charge in [-0.2, -0.15) is 0 Å². The summed E-state index contributed by atoms with van der Waals surface area (Å²) in [5, 5.41) is 0. The van der Waals surface area contributed by atoms with Gasteiger partial charge in [0.2, 0.25) is 0 Å². The summed E-state index contributed by atoms with van der Waals surface area (Å²) in [4.78, 5) is 0. The summed E-state index contributed by atoms with van der Waals surface area (Å²) in [6, 6.07) is 10.9. The second kappa shape index (κ2) is 5.86. The van der Waals surface area contributed by atoms with Gasteiger partial charge in [-0.25, -0.2) is 67.1 Å². The van der Waals surface area contributed by atoms with Gasteiger partial charge in [-0.1, -0.05) is 18.2 Å². The Kier molecular flexibility index (Phi) is 5.66. The first-order chi connectivity index (χ1) is 6.98. The van der Waals surface area contributed by atoms with Crippen LogP contribution in [0.25, 0.3) is 0 Å². The molecule has 5 heteroatoms. The van der Waals surface area contributed by atoms with Gasteiger partial charge in [0.05, 0.1) is 5.69 Å². The lowest BCUT2D eigenvalue weighted by atomic mass is 10.1. The molecule has 0 N–H and O–H groups in total. The number of para-hydroxylation sites is 1. The molecule has 0 radical (unpaired) electrons. The fraction of sp³-hybridized carbons (Fsp3) is 0.400. The zero-order valence-electron chi connectivity index (χ0n) is 8.96. The Bertz CT molecular complexity index is 306. The molecule has 1 aromatic carbocycles. The van der Waals surface area contributed by atoms with Crippen LogP contribution in [0, 0.1) is 0 Å². The predicted molar refractivity (Wildman–Crippen MR) is 97.1 cm³/mol. The molecule has 1 aromatic rings. The third-order valence-corrected chi connectivity index (χ3v) is 6.16. The van der Waals surface area contributed by atoms with Crippen molar-refractivity contribution in [3.63, 3.8) is 0 Å². The Morgan fingerprint density at radius 2 is 1.47 bits per heavy atom. The van der Waals surface area contributed by atoms with Crippen LogP contribution in [-0.2, 0) is 0 Å². The first-order valence-corrected chi connectivity index (χ1v) is 8.83. The number of quaternary nitrogens is 1. The minimum absolute atomic E-state index is 0.508. The Morgan fingerprint density at radius 1 is 1.00 bits per heavy atom. The molecule has 0 bridgehead atoms. The molecule has 0 aliphatic heterocycles. The number of hydrogen-bond donors (Lipinski definition) is 0. The molecule has 0 saturated carbocycles. The van der Waals surface area contributed by atoms with E-state index >= 15 is 0 Å². The van der Waals surface area contributed by atoms with Crippen LogP contribution in [0.1, 0.15) is 13.8 Å². The number of hydrogen-bond acceptors (Lipinski definition) is 0. The average Bonchev–Trinajstić information content (AvgIpc) is 2.20. The summed E-state index contributed by atoms with van der Waals surface area (Å²) >= 11 is 7.81. The van der Waals surface area contributed by atoms with Crippen molar-refractivity contribution in [1.29, 1.82) is 0 Å². The van der Waals surface area contributed by atoms with E-state index in [2.05, 4.69) is 111 Å². The predicted octanol–water partition coefficient (Wildman–Crippen LogP) is 4.77. The van der Waals surface area contributed by atoms with E-state index in [1.165, 1.54) is 5.69 Å². The summed E-state index contributed by atoms with van der Waals surface area (Å²) in [5.41, 5.74) is 1.43. The molecule has 0 amide bonds. The van der Waals surface area contributed by atoms with E-state index < -0.39 is -0.150 Å². The van der Waals surface area contributed by atoms with Crippen LogP contribution < -0.4 is 4.39 Å². The third kappa shape index (κ3) is 3.01. The SMILES string of the molecule is CC[N+](CC)(c1ccccc1)[B-](I)(I)I. The number of rotatable bonds is 4. The molecule has 0 saturated heterocycles. The van der Waals surface area contributed by atoms with Crippen LogP contribution in [0.5, 0.6) is 0 Å². The minimum atomic E-state index is -0.508. The Hall–Kier alpha value is 1.43. The normalized spacial score (nSPS) is 12.9. The highest BCUT2D eigenvalue weighted by molar-refractivity contribution is 14.4. The monoisotopic (exact) mass is 541 g/mol. The summed E-state index contributed by atoms with van der Waals surface area (Å²) < 4.78 is 0.564. The quantitative estimate of drug-likeness (QED) is 0.381. The van der Waals surface area contributed by atoms with Gasteiger partial charge in [0.25, 0.3) is 0 Å². The molecule has 0 aromatic heterocycles. The lowest BCUT2D eigenvalue weighted by Crippen LogP contribution is -2.60. The van der Waals surface area contributed by atoms with Crippen molar-refractivity contribution < 1.29 is 0 Å². The largest absolute Gasteiger partial charge is 0.456 e. The summed E-state index contributed by atoms with van der Waals surface area (Å²) in [5.74, 6) is 0. The zero-order valence-corrected chi connectivity index (χ0v) is 15.4. The van der Waals surface area contributed by atoms with Gasteiger partial charge in [-0.15, -0.1) is 0 Å². The molecule has 15 heavy (non-hydrogen) atoms.